The zero-order chi connectivity index (χ0) is 28.5. The summed E-state index contributed by atoms with van der Waals surface area (Å²) in [6.07, 6.45) is 7.02. The molecular weight excluding hydrogens is 540 g/mol. The van der Waals surface area contributed by atoms with Crippen molar-refractivity contribution in [2.45, 2.75) is 58.0 Å². The first kappa shape index (κ1) is 26.7. The van der Waals surface area contributed by atoms with Crippen LogP contribution in [0.5, 0.6) is 11.6 Å². The van der Waals surface area contributed by atoms with Crippen molar-refractivity contribution in [3.05, 3.63) is 65.3 Å². The van der Waals surface area contributed by atoms with Gasteiger partial charge in [-0.05, 0) is 56.4 Å². The maximum atomic E-state index is 13.5. The average molecular weight is 571 g/mol. The monoisotopic (exact) mass is 570 g/mol. The first-order valence-corrected chi connectivity index (χ1v) is 14.5. The van der Waals surface area contributed by atoms with Crippen molar-refractivity contribution >= 4 is 56.5 Å². The molecular formula is C30H30N6O4S. The number of amides is 4. The van der Waals surface area contributed by atoms with Gasteiger partial charge in [0.1, 0.15) is 15.5 Å². The molecule has 1 saturated carbocycles. The van der Waals surface area contributed by atoms with Gasteiger partial charge in [0.05, 0.1) is 28.6 Å². The molecule has 10 nitrogen and oxygen atoms in total. The smallest absolute Gasteiger partial charge is 0.331 e. The Balaban J connectivity index is 1.26. The van der Waals surface area contributed by atoms with Crippen LogP contribution in [-0.4, -0.2) is 39.9 Å². The second-order valence-corrected chi connectivity index (χ2v) is 11.3. The van der Waals surface area contributed by atoms with Gasteiger partial charge in [-0.1, -0.05) is 25.1 Å². The number of carbonyl (C=O) groups excluding carboxylic acids is 3. The van der Waals surface area contributed by atoms with Gasteiger partial charge in [0, 0.05) is 30.8 Å². The highest BCUT2D eigenvalue weighted by Gasteiger charge is 2.34. The summed E-state index contributed by atoms with van der Waals surface area (Å²) < 4.78 is 5.86. The topological polar surface area (TPSA) is 126 Å². The third kappa shape index (κ3) is 5.32. The van der Waals surface area contributed by atoms with Crippen LogP contribution in [-0.2, 0) is 4.79 Å². The number of aromatic nitrogens is 2. The number of urea groups is 1. The molecule has 4 amide bonds. The van der Waals surface area contributed by atoms with Crippen LogP contribution in [0.25, 0.3) is 10.2 Å². The standard InChI is InChI=1S/C30H30N6O4S/c1-3-23(37)33-18-8-7-9-19(15-18)34-28(38)27-26-25-21(12-13-31-29(25)41-27)36(30(39)35-26)22-16-32-24(14-17(22)2)40-20-10-5-4-6-11-20/h4-6,10-14,16,18-19H,3,7-9,15H2,1-2H3,(H,33,37)(H,34,38)(H,35,39)/t18-,19+/m0/s1. The molecule has 4 aromatic rings. The molecule has 1 fully saturated rings. The van der Waals surface area contributed by atoms with Crippen LogP contribution in [0.2, 0.25) is 0 Å². The Labute approximate surface area is 241 Å². The second kappa shape index (κ2) is 11.2. The third-order valence-corrected chi connectivity index (χ3v) is 8.51. The summed E-state index contributed by atoms with van der Waals surface area (Å²) >= 11 is 1.25. The quantitative estimate of drug-likeness (QED) is 0.249. The predicted octanol–water partition coefficient (Wildman–Crippen LogP) is 6.04. The molecule has 3 N–H and O–H groups in total. The molecule has 6 rings (SSSR count). The Morgan fingerprint density at radius 3 is 2.63 bits per heavy atom. The molecule has 41 heavy (non-hydrogen) atoms. The van der Waals surface area contributed by atoms with E-state index in [0.29, 0.717) is 56.6 Å². The molecule has 3 aromatic heterocycles. The molecule has 0 unspecified atom stereocenters. The lowest BCUT2D eigenvalue weighted by atomic mass is 9.90. The van der Waals surface area contributed by atoms with Gasteiger partial charge in [0.25, 0.3) is 5.91 Å². The second-order valence-electron chi connectivity index (χ2n) is 10.3. The molecule has 0 spiro atoms. The fourth-order valence-corrected chi connectivity index (χ4v) is 6.46. The van der Waals surface area contributed by atoms with E-state index < -0.39 is 0 Å². The molecule has 0 saturated heterocycles. The molecule has 1 aromatic carbocycles. The van der Waals surface area contributed by atoms with E-state index in [4.69, 9.17) is 4.74 Å². The van der Waals surface area contributed by atoms with Gasteiger partial charge in [-0.2, -0.15) is 0 Å². The molecule has 4 heterocycles. The lowest BCUT2D eigenvalue weighted by molar-refractivity contribution is -0.121. The summed E-state index contributed by atoms with van der Waals surface area (Å²) in [5.74, 6) is 0.854. The number of nitrogens with zero attached hydrogens (tertiary/aromatic N) is 3. The number of thiophene rings is 1. The van der Waals surface area contributed by atoms with Crippen molar-refractivity contribution in [2.75, 3.05) is 10.2 Å². The Hall–Kier alpha value is -4.51. The molecule has 0 bridgehead atoms. The van der Waals surface area contributed by atoms with E-state index in [-0.39, 0.29) is 29.9 Å². The minimum absolute atomic E-state index is 0.0191. The van der Waals surface area contributed by atoms with Gasteiger partial charge >= 0.3 is 6.03 Å². The predicted molar refractivity (Wildman–Crippen MR) is 158 cm³/mol. The van der Waals surface area contributed by atoms with E-state index in [1.807, 2.05) is 44.2 Å². The molecule has 2 aliphatic rings. The van der Waals surface area contributed by atoms with Crippen molar-refractivity contribution in [1.29, 1.82) is 0 Å². The first-order valence-electron chi connectivity index (χ1n) is 13.7. The van der Waals surface area contributed by atoms with Gasteiger partial charge < -0.3 is 20.7 Å². The number of carbonyl (C=O) groups is 3. The lowest BCUT2D eigenvalue weighted by Gasteiger charge is -2.31. The van der Waals surface area contributed by atoms with Gasteiger partial charge in [-0.3, -0.25) is 14.5 Å². The highest BCUT2D eigenvalue weighted by molar-refractivity contribution is 7.21. The maximum absolute atomic E-state index is 13.5. The summed E-state index contributed by atoms with van der Waals surface area (Å²) in [6.45, 7) is 3.72. The fraction of sp³-hybridized carbons (Fsp3) is 0.300. The van der Waals surface area contributed by atoms with Crippen LogP contribution in [0.4, 0.5) is 21.9 Å². The summed E-state index contributed by atoms with van der Waals surface area (Å²) in [5.41, 5.74) is 2.49. The molecule has 0 radical (unpaired) electrons. The largest absolute Gasteiger partial charge is 0.439 e. The van der Waals surface area contributed by atoms with E-state index in [1.165, 1.54) is 11.3 Å². The Morgan fingerprint density at radius 1 is 1.10 bits per heavy atom. The van der Waals surface area contributed by atoms with Crippen molar-refractivity contribution in [1.82, 2.24) is 20.6 Å². The van der Waals surface area contributed by atoms with Crippen LogP contribution >= 0.6 is 11.3 Å². The summed E-state index contributed by atoms with van der Waals surface area (Å²) in [6, 6.07) is 12.5. The Kier molecular flexibility index (Phi) is 7.27. The van der Waals surface area contributed by atoms with E-state index in [2.05, 4.69) is 25.9 Å². The molecule has 210 valence electrons. The number of nitrogens with one attached hydrogen (secondary N) is 3. The number of para-hydroxylation sites is 1. The van der Waals surface area contributed by atoms with Crippen molar-refractivity contribution in [3.63, 3.8) is 0 Å². The number of hydrogen-bond acceptors (Lipinski definition) is 7. The van der Waals surface area contributed by atoms with E-state index in [9.17, 15) is 14.4 Å². The summed E-state index contributed by atoms with van der Waals surface area (Å²) in [4.78, 5) is 50.4. The van der Waals surface area contributed by atoms with E-state index >= 15 is 0 Å². The van der Waals surface area contributed by atoms with Crippen molar-refractivity contribution < 1.29 is 19.1 Å². The van der Waals surface area contributed by atoms with Crippen LogP contribution < -0.4 is 25.6 Å². The molecule has 11 heteroatoms. The fourth-order valence-electron chi connectivity index (χ4n) is 5.44. The SMILES string of the molecule is CCC(=O)N[C@H]1CCC[C@@H](NC(=O)c2sc3nccc4c3c2NC(=O)N4c2cnc(Oc3ccccc3)cc2C)C1. The normalized spacial score (nSPS) is 18.1. The number of benzene rings is 1. The zero-order valence-electron chi connectivity index (χ0n) is 22.8. The first-order chi connectivity index (χ1) is 19.9. The van der Waals surface area contributed by atoms with Crippen LogP contribution in [0, 0.1) is 6.92 Å². The van der Waals surface area contributed by atoms with Gasteiger partial charge in [0.15, 0.2) is 0 Å². The highest BCUT2D eigenvalue weighted by atomic mass is 32.1. The molecule has 1 aliphatic heterocycles. The Morgan fingerprint density at radius 2 is 1.88 bits per heavy atom. The molecule has 2 atom stereocenters. The number of aryl methyl sites for hydroxylation is 1. The van der Waals surface area contributed by atoms with Crippen molar-refractivity contribution in [3.8, 4) is 11.6 Å². The summed E-state index contributed by atoms with van der Waals surface area (Å²) in [5, 5.41) is 9.83. The zero-order valence-corrected chi connectivity index (χ0v) is 23.6. The number of ether oxygens (including phenoxy) is 1. The average Bonchev–Trinajstić information content (AvgIpc) is 3.34. The minimum atomic E-state index is -0.390. The molecule has 1 aliphatic carbocycles. The Bertz CT molecular complexity index is 1640. The lowest BCUT2D eigenvalue weighted by Crippen LogP contribution is -2.45. The van der Waals surface area contributed by atoms with Crippen LogP contribution in [0.3, 0.4) is 0 Å². The van der Waals surface area contributed by atoms with Gasteiger partial charge in [0.2, 0.25) is 11.8 Å². The number of hydrogen-bond donors (Lipinski definition) is 3. The van der Waals surface area contributed by atoms with Crippen molar-refractivity contribution in [2.24, 2.45) is 0 Å². The summed E-state index contributed by atoms with van der Waals surface area (Å²) in [7, 11) is 0. The minimum Gasteiger partial charge on any atom is -0.439 e. The number of rotatable bonds is 7. The van der Waals surface area contributed by atoms with Crippen LogP contribution in [0.15, 0.2) is 54.9 Å². The number of pyridine rings is 2. The third-order valence-electron chi connectivity index (χ3n) is 7.41. The van der Waals surface area contributed by atoms with Gasteiger partial charge in [-0.25, -0.2) is 14.8 Å². The van der Waals surface area contributed by atoms with Gasteiger partial charge in [-0.15, -0.1) is 11.3 Å². The van der Waals surface area contributed by atoms with E-state index in [1.54, 1.807) is 29.4 Å². The highest BCUT2D eigenvalue weighted by Crippen LogP contribution is 2.46. The maximum Gasteiger partial charge on any atom is 0.331 e. The number of anilines is 3. The van der Waals surface area contributed by atoms with E-state index in [0.717, 1.165) is 24.8 Å². The van der Waals surface area contributed by atoms with Crippen LogP contribution in [0.1, 0.15) is 54.3 Å².